The second kappa shape index (κ2) is 7.98. The van der Waals surface area contributed by atoms with Crippen molar-refractivity contribution in [3.05, 3.63) is 65.5 Å². The smallest absolute Gasteiger partial charge is 0.374 e. The maximum atomic E-state index is 13.4. The van der Waals surface area contributed by atoms with Crippen LogP contribution in [-0.4, -0.2) is 40.5 Å². The Morgan fingerprint density at radius 3 is 2.73 bits per heavy atom. The van der Waals surface area contributed by atoms with Gasteiger partial charge in [-0.2, -0.15) is 18.3 Å². The number of nitrogens with one attached hydrogen (secondary N) is 1. The van der Waals surface area contributed by atoms with Crippen molar-refractivity contribution in [3.8, 4) is 0 Å². The second-order valence-corrected chi connectivity index (χ2v) is 8.59. The van der Waals surface area contributed by atoms with Crippen LogP contribution in [0.4, 0.5) is 24.8 Å². The van der Waals surface area contributed by atoms with Gasteiger partial charge in [-0.1, -0.05) is 18.2 Å². The number of alkyl halides is 3. The summed E-state index contributed by atoms with van der Waals surface area (Å²) in [6, 6.07) is 5.86. The number of rotatable bonds is 5. The molecule has 2 aliphatic heterocycles. The quantitative estimate of drug-likeness (QED) is 0.548. The van der Waals surface area contributed by atoms with Crippen LogP contribution in [0.1, 0.15) is 34.8 Å². The number of aryl methyl sites for hydroxylation is 1. The average Bonchev–Trinajstić information content (AvgIpc) is 3.42. The highest BCUT2D eigenvalue weighted by Crippen LogP contribution is 2.37. The van der Waals surface area contributed by atoms with Gasteiger partial charge in [0.15, 0.2) is 5.82 Å². The van der Waals surface area contributed by atoms with Gasteiger partial charge in [-0.25, -0.2) is 4.98 Å². The Labute approximate surface area is 189 Å². The normalized spacial score (nSPS) is 20.9. The number of pyridine rings is 1. The van der Waals surface area contributed by atoms with Crippen molar-refractivity contribution in [2.45, 2.75) is 44.6 Å². The van der Waals surface area contributed by atoms with Gasteiger partial charge in [-0.3, -0.25) is 0 Å². The van der Waals surface area contributed by atoms with E-state index in [-0.39, 0.29) is 11.7 Å². The first-order valence-electron chi connectivity index (χ1n) is 10.8. The van der Waals surface area contributed by atoms with Crippen molar-refractivity contribution in [1.82, 2.24) is 15.2 Å². The van der Waals surface area contributed by atoms with Crippen LogP contribution in [-0.2, 0) is 10.9 Å². The maximum Gasteiger partial charge on any atom is 0.416 e. The Kier molecular flexibility index (Phi) is 5.23. The highest BCUT2D eigenvalue weighted by molar-refractivity contribution is 5.94. The molecule has 5 rings (SSSR count). The van der Waals surface area contributed by atoms with Crippen LogP contribution >= 0.6 is 0 Å². The summed E-state index contributed by atoms with van der Waals surface area (Å²) in [5.74, 6) is 1.31. The van der Waals surface area contributed by atoms with E-state index in [1.165, 1.54) is 13.0 Å². The van der Waals surface area contributed by atoms with Gasteiger partial charge in [0, 0.05) is 23.5 Å². The van der Waals surface area contributed by atoms with Crippen LogP contribution in [0.15, 0.2) is 43.1 Å². The molecule has 2 aliphatic rings. The van der Waals surface area contributed by atoms with Crippen LogP contribution in [0.25, 0.3) is 10.8 Å². The molecule has 1 unspecified atom stereocenters. The van der Waals surface area contributed by atoms with Crippen molar-refractivity contribution >= 4 is 22.4 Å². The molecule has 0 spiro atoms. The molecule has 2 fully saturated rings. The standard InChI is InChI=1S/C24H24F3N5O/c1-4-21(17-6-5-7-20(13(17)2)24(25,26)27)29-23-18-9-22(28-10-19(18)14(3)30-31-23)32-11-16-8-15(32)12-33-16/h4-7,9-10,15-16,21H,1,8,11-12H2,2-3H3,(H,29,31)/t15?,16-,21-/m1/s1. The Morgan fingerprint density at radius 2 is 2.06 bits per heavy atom. The molecular formula is C24H24F3N5O. The fourth-order valence-corrected chi connectivity index (χ4v) is 4.81. The number of anilines is 2. The van der Waals surface area contributed by atoms with Gasteiger partial charge in [0.05, 0.1) is 36.1 Å². The minimum atomic E-state index is -4.43. The first-order valence-corrected chi connectivity index (χ1v) is 10.8. The molecule has 2 saturated heterocycles. The summed E-state index contributed by atoms with van der Waals surface area (Å²) in [6.45, 7) is 8.66. The van der Waals surface area contributed by atoms with E-state index in [0.717, 1.165) is 41.3 Å². The molecule has 2 bridgehead atoms. The van der Waals surface area contributed by atoms with Gasteiger partial charge in [0.25, 0.3) is 0 Å². The van der Waals surface area contributed by atoms with Crippen molar-refractivity contribution in [3.63, 3.8) is 0 Å². The Balaban J connectivity index is 1.53. The highest BCUT2D eigenvalue weighted by atomic mass is 19.4. The summed E-state index contributed by atoms with van der Waals surface area (Å²) in [5.41, 5.74) is 0.707. The molecule has 0 radical (unpaired) electrons. The molecule has 2 aromatic heterocycles. The maximum absolute atomic E-state index is 13.4. The molecule has 3 atom stereocenters. The lowest BCUT2D eigenvalue weighted by molar-refractivity contribution is -0.138. The molecule has 0 aliphatic carbocycles. The summed E-state index contributed by atoms with van der Waals surface area (Å²) in [5, 5.41) is 13.5. The van der Waals surface area contributed by atoms with Crippen LogP contribution in [0, 0.1) is 13.8 Å². The zero-order chi connectivity index (χ0) is 23.3. The van der Waals surface area contributed by atoms with Gasteiger partial charge in [0.2, 0.25) is 0 Å². The number of hydrogen-bond donors (Lipinski definition) is 1. The molecule has 0 saturated carbocycles. The van der Waals surface area contributed by atoms with Gasteiger partial charge in [-0.15, -0.1) is 11.7 Å². The van der Waals surface area contributed by atoms with E-state index in [1.807, 2.05) is 13.0 Å². The van der Waals surface area contributed by atoms with E-state index in [4.69, 9.17) is 4.74 Å². The lowest BCUT2D eigenvalue weighted by Gasteiger charge is -2.28. The molecule has 3 aromatic rings. The van der Waals surface area contributed by atoms with Crippen LogP contribution in [0.5, 0.6) is 0 Å². The van der Waals surface area contributed by atoms with Crippen LogP contribution in [0.3, 0.4) is 0 Å². The molecule has 6 nitrogen and oxygen atoms in total. The van der Waals surface area contributed by atoms with Crippen molar-refractivity contribution in [2.24, 2.45) is 0 Å². The number of morpholine rings is 1. The third-order valence-corrected chi connectivity index (χ3v) is 6.57. The molecule has 33 heavy (non-hydrogen) atoms. The molecular weight excluding hydrogens is 431 g/mol. The second-order valence-electron chi connectivity index (χ2n) is 8.59. The first kappa shape index (κ1) is 21.6. The molecule has 4 heterocycles. The molecule has 172 valence electrons. The summed E-state index contributed by atoms with van der Waals surface area (Å²) in [4.78, 5) is 6.89. The van der Waals surface area contributed by atoms with Gasteiger partial charge in [-0.05, 0) is 43.5 Å². The zero-order valence-corrected chi connectivity index (χ0v) is 18.4. The fraction of sp³-hybridized carbons (Fsp3) is 0.375. The summed E-state index contributed by atoms with van der Waals surface area (Å²) in [6.07, 6.45) is 0.157. The minimum absolute atomic E-state index is 0.155. The first-order chi connectivity index (χ1) is 15.8. The third-order valence-electron chi connectivity index (χ3n) is 6.57. The van der Waals surface area contributed by atoms with Gasteiger partial charge < -0.3 is 15.0 Å². The third kappa shape index (κ3) is 3.80. The highest BCUT2D eigenvalue weighted by Gasteiger charge is 2.39. The van der Waals surface area contributed by atoms with Gasteiger partial charge in [0.1, 0.15) is 5.82 Å². The minimum Gasteiger partial charge on any atom is -0.374 e. The van der Waals surface area contributed by atoms with Crippen molar-refractivity contribution < 1.29 is 17.9 Å². The Bertz CT molecular complexity index is 1230. The van der Waals surface area contributed by atoms with E-state index < -0.39 is 17.8 Å². The summed E-state index contributed by atoms with van der Waals surface area (Å²) >= 11 is 0. The number of fused-ring (bicyclic) bond motifs is 3. The van der Waals surface area contributed by atoms with E-state index in [0.29, 0.717) is 24.0 Å². The summed E-state index contributed by atoms with van der Waals surface area (Å²) < 4.78 is 46.0. The number of ether oxygens (including phenoxy) is 1. The van der Waals surface area contributed by atoms with E-state index >= 15 is 0 Å². The predicted molar refractivity (Wildman–Crippen MR) is 120 cm³/mol. The summed E-state index contributed by atoms with van der Waals surface area (Å²) in [7, 11) is 0. The molecule has 1 N–H and O–H groups in total. The van der Waals surface area contributed by atoms with E-state index in [2.05, 4.69) is 32.0 Å². The number of nitrogens with zero attached hydrogens (tertiary/aromatic N) is 4. The Morgan fingerprint density at radius 1 is 1.24 bits per heavy atom. The predicted octanol–water partition coefficient (Wildman–Crippen LogP) is 4.98. The average molecular weight is 455 g/mol. The topological polar surface area (TPSA) is 63.2 Å². The number of halogens is 3. The van der Waals surface area contributed by atoms with Gasteiger partial charge >= 0.3 is 6.18 Å². The number of hydrogen-bond acceptors (Lipinski definition) is 6. The van der Waals surface area contributed by atoms with Crippen LogP contribution < -0.4 is 10.2 Å². The lowest BCUT2D eigenvalue weighted by atomic mass is 9.96. The van der Waals surface area contributed by atoms with Crippen molar-refractivity contribution in [1.29, 1.82) is 0 Å². The monoisotopic (exact) mass is 455 g/mol. The van der Waals surface area contributed by atoms with Crippen molar-refractivity contribution in [2.75, 3.05) is 23.4 Å². The lowest BCUT2D eigenvalue weighted by Crippen LogP contribution is -2.37. The number of aromatic nitrogens is 3. The van der Waals surface area contributed by atoms with E-state index in [1.54, 1.807) is 18.3 Å². The fourth-order valence-electron chi connectivity index (χ4n) is 4.81. The SMILES string of the molecule is C=C[C@@H](Nc1nnc(C)c2cnc(N3C[C@H]4CC3CO4)cc12)c1cccc(C(F)(F)F)c1C. The molecule has 1 aromatic carbocycles. The Hall–Kier alpha value is -3.20. The number of benzene rings is 1. The molecule has 0 amide bonds. The van der Waals surface area contributed by atoms with E-state index in [9.17, 15) is 13.2 Å². The van der Waals surface area contributed by atoms with Crippen LogP contribution in [0.2, 0.25) is 0 Å². The zero-order valence-electron chi connectivity index (χ0n) is 18.4. The molecule has 9 heteroatoms. The largest absolute Gasteiger partial charge is 0.416 e.